The van der Waals surface area contributed by atoms with Gasteiger partial charge in [-0.25, -0.2) is 0 Å². The molecule has 6 heteroatoms. The summed E-state index contributed by atoms with van der Waals surface area (Å²) >= 11 is 1.66. The summed E-state index contributed by atoms with van der Waals surface area (Å²) < 4.78 is 5.77. The van der Waals surface area contributed by atoms with Crippen molar-refractivity contribution < 1.29 is 9.53 Å². The minimum absolute atomic E-state index is 0. The second-order valence-corrected chi connectivity index (χ2v) is 6.89. The summed E-state index contributed by atoms with van der Waals surface area (Å²) in [7, 11) is 0. The Morgan fingerprint density at radius 2 is 2.25 bits per heavy atom. The lowest BCUT2D eigenvalue weighted by Crippen LogP contribution is -2.51. The van der Waals surface area contributed by atoms with Gasteiger partial charge in [0.25, 0.3) is 5.91 Å². The van der Waals surface area contributed by atoms with E-state index in [9.17, 15) is 4.79 Å². The van der Waals surface area contributed by atoms with Crippen molar-refractivity contribution in [1.82, 2.24) is 10.6 Å². The van der Waals surface area contributed by atoms with Crippen molar-refractivity contribution in [3.8, 4) is 5.75 Å². The lowest BCUT2D eigenvalue weighted by molar-refractivity contribution is 0.0919. The van der Waals surface area contributed by atoms with Crippen molar-refractivity contribution in [3.63, 3.8) is 0 Å². The Hall–Kier alpha value is -1.56. The Balaban J connectivity index is 0.00000208. The first-order valence-electron chi connectivity index (χ1n) is 8.02. The fourth-order valence-electron chi connectivity index (χ4n) is 2.77. The summed E-state index contributed by atoms with van der Waals surface area (Å²) in [6.45, 7) is 3.68. The van der Waals surface area contributed by atoms with Crippen LogP contribution in [0.3, 0.4) is 0 Å². The second-order valence-electron chi connectivity index (χ2n) is 5.86. The van der Waals surface area contributed by atoms with Crippen molar-refractivity contribution >= 4 is 29.7 Å². The molecule has 2 aromatic rings. The van der Waals surface area contributed by atoms with Crippen LogP contribution >= 0.6 is 23.7 Å². The van der Waals surface area contributed by atoms with E-state index in [-0.39, 0.29) is 24.4 Å². The first-order chi connectivity index (χ1) is 11.2. The maximum Gasteiger partial charge on any atom is 0.251 e. The summed E-state index contributed by atoms with van der Waals surface area (Å²) in [6.07, 6.45) is 2.12. The third-order valence-corrected chi connectivity index (χ3v) is 4.99. The zero-order valence-corrected chi connectivity index (χ0v) is 15.3. The monoisotopic (exact) mass is 366 g/mol. The molecule has 1 fully saturated rings. The zero-order chi connectivity index (χ0) is 16.1. The molecule has 1 aliphatic rings. The van der Waals surface area contributed by atoms with E-state index in [0.29, 0.717) is 18.2 Å². The molecule has 24 heavy (non-hydrogen) atoms. The van der Waals surface area contributed by atoms with Crippen LogP contribution in [0.2, 0.25) is 0 Å². The highest BCUT2D eigenvalue weighted by Gasteiger charge is 2.22. The van der Waals surface area contributed by atoms with E-state index >= 15 is 0 Å². The molecule has 1 aromatic carbocycles. The summed E-state index contributed by atoms with van der Waals surface area (Å²) in [4.78, 5) is 13.6. The minimum Gasteiger partial charge on any atom is -0.488 e. The first-order valence-corrected chi connectivity index (χ1v) is 8.90. The molecule has 0 radical (unpaired) electrons. The van der Waals surface area contributed by atoms with Crippen LogP contribution in [0.4, 0.5) is 0 Å². The van der Waals surface area contributed by atoms with Crippen molar-refractivity contribution in [2.24, 2.45) is 0 Å². The molecule has 130 valence electrons. The highest BCUT2D eigenvalue weighted by molar-refractivity contribution is 7.09. The Morgan fingerprint density at radius 1 is 1.38 bits per heavy atom. The van der Waals surface area contributed by atoms with Gasteiger partial charge in [0.15, 0.2) is 0 Å². The Morgan fingerprint density at radius 3 is 3.00 bits per heavy atom. The highest BCUT2D eigenvalue weighted by Crippen LogP contribution is 2.18. The van der Waals surface area contributed by atoms with E-state index in [0.717, 1.165) is 25.1 Å². The molecule has 0 bridgehead atoms. The van der Waals surface area contributed by atoms with Gasteiger partial charge >= 0.3 is 0 Å². The quantitative estimate of drug-likeness (QED) is 0.849. The average Bonchev–Trinajstić information content (AvgIpc) is 3.09. The molecule has 0 spiro atoms. The molecule has 2 heterocycles. The molecule has 1 aliphatic heterocycles. The zero-order valence-electron chi connectivity index (χ0n) is 13.7. The Kier molecular flexibility index (Phi) is 7.09. The third kappa shape index (κ3) is 4.97. The van der Waals surface area contributed by atoms with Crippen molar-refractivity contribution in [2.75, 3.05) is 6.54 Å². The number of halogens is 1. The van der Waals surface area contributed by atoms with Gasteiger partial charge in [0.1, 0.15) is 12.4 Å². The largest absolute Gasteiger partial charge is 0.488 e. The molecule has 3 rings (SSSR count). The molecule has 0 saturated carbocycles. The predicted molar refractivity (Wildman–Crippen MR) is 100 cm³/mol. The molecule has 2 atom stereocenters. The van der Waals surface area contributed by atoms with E-state index in [2.05, 4.69) is 17.6 Å². The van der Waals surface area contributed by atoms with Crippen LogP contribution < -0.4 is 15.4 Å². The van der Waals surface area contributed by atoms with Gasteiger partial charge in [-0.15, -0.1) is 23.7 Å². The fourth-order valence-corrected chi connectivity index (χ4v) is 3.39. The third-order valence-electron chi connectivity index (χ3n) is 4.14. The normalized spacial score (nSPS) is 20.0. The fraction of sp³-hybridized carbons (Fsp3) is 0.389. The maximum absolute atomic E-state index is 12.5. The number of thiophene rings is 1. The van der Waals surface area contributed by atoms with Crippen molar-refractivity contribution in [2.45, 2.75) is 38.5 Å². The van der Waals surface area contributed by atoms with Crippen LogP contribution in [0.5, 0.6) is 5.75 Å². The topological polar surface area (TPSA) is 50.4 Å². The molecular weight excluding hydrogens is 344 g/mol. The van der Waals surface area contributed by atoms with Gasteiger partial charge in [0.05, 0.1) is 0 Å². The lowest BCUT2D eigenvalue weighted by atomic mass is 9.99. The van der Waals surface area contributed by atoms with Gasteiger partial charge in [-0.3, -0.25) is 4.79 Å². The minimum atomic E-state index is -0.0351. The number of hydrogen-bond acceptors (Lipinski definition) is 4. The van der Waals surface area contributed by atoms with Gasteiger partial charge in [0.2, 0.25) is 0 Å². The molecule has 1 aromatic heterocycles. The average molecular weight is 367 g/mol. The maximum atomic E-state index is 12.5. The van der Waals surface area contributed by atoms with Gasteiger partial charge in [-0.1, -0.05) is 12.1 Å². The standard InChI is InChI=1S/C18H22N2O2S.ClH/c1-13-17(8-3-9-19-13)20-18(21)14-5-2-6-15(11-14)22-12-16-7-4-10-23-16;/h2,4-7,10-11,13,17,19H,3,8-9,12H2,1H3,(H,20,21);1H. The van der Waals surface area contributed by atoms with Gasteiger partial charge < -0.3 is 15.4 Å². The number of carbonyl (C=O) groups is 1. The van der Waals surface area contributed by atoms with E-state index < -0.39 is 0 Å². The molecular formula is C18H23ClN2O2S. The number of nitrogens with one attached hydrogen (secondary N) is 2. The van der Waals surface area contributed by atoms with Crippen LogP contribution in [0, 0.1) is 0 Å². The number of amides is 1. The molecule has 0 aliphatic carbocycles. The van der Waals surface area contributed by atoms with E-state index in [1.54, 1.807) is 11.3 Å². The molecule has 2 unspecified atom stereocenters. The van der Waals surface area contributed by atoms with E-state index in [1.165, 1.54) is 4.88 Å². The smallest absolute Gasteiger partial charge is 0.251 e. The van der Waals surface area contributed by atoms with Gasteiger partial charge in [-0.05, 0) is 56.0 Å². The number of hydrogen-bond donors (Lipinski definition) is 2. The number of carbonyl (C=O) groups excluding carboxylic acids is 1. The number of ether oxygens (including phenoxy) is 1. The Labute approximate surface area is 153 Å². The molecule has 1 saturated heterocycles. The SMILES string of the molecule is CC1NCCCC1NC(=O)c1cccc(OCc2cccs2)c1.Cl. The summed E-state index contributed by atoms with van der Waals surface area (Å²) in [6, 6.07) is 11.9. The van der Waals surface area contributed by atoms with Crippen LogP contribution in [-0.2, 0) is 6.61 Å². The number of rotatable bonds is 5. The van der Waals surface area contributed by atoms with Gasteiger partial charge in [-0.2, -0.15) is 0 Å². The van der Waals surface area contributed by atoms with Crippen LogP contribution in [-0.4, -0.2) is 24.5 Å². The molecule has 4 nitrogen and oxygen atoms in total. The summed E-state index contributed by atoms with van der Waals surface area (Å²) in [5.74, 6) is 0.688. The summed E-state index contributed by atoms with van der Waals surface area (Å²) in [5, 5.41) is 8.55. The van der Waals surface area contributed by atoms with Crippen LogP contribution in [0.1, 0.15) is 35.0 Å². The van der Waals surface area contributed by atoms with Crippen LogP contribution in [0.15, 0.2) is 41.8 Å². The number of benzene rings is 1. The highest BCUT2D eigenvalue weighted by atomic mass is 35.5. The van der Waals surface area contributed by atoms with Crippen molar-refractivity contribution in [1.29, 1.82) is 0 Å². The second kappa shape index (κ2) is 9.06. The summed E-state index contributed by atoms with van der Waals surface area (Å²) in [5.41, 5.74) is 0.645. The van der Waals surface area contributed by atoms with Crippen molar-refractivity contribution in [3.05, 3.63) is 52.2 Å². The van der Waals surface area contributed by atoms with E-state index in [1.807, 2.05) is 41.8 Å². The first kappa shape index (κ1) is 18.8. The van der Waals surface area contributed by atoms with Crippen LogP contribution in [0.25, 0.3) is 0 Å². The predicted octanol–water partition coefficient (Wildman–Crippen LogP) is 3.62. The number of piperidine rings is 1. The molecule has 2 N–H and O–H groups in total. The Bertz CT molecular complexity index is 648. The molecule has 1 amide bonds. The lowest BCUT2D eigenvalue weighted by Gasteiger charge is -2.30. The van der Waals surface area contributed by atoms with E-state index in [4.69, 9.17) is 4.74 Å². The van der Waals surface area contributed by atoms with Gasteiger partial charge in [0, 0.05) is 22.5 Å².